The molecule has 0 saturated carbocycles. The van der Waals surface area contributed by atoms with Crippen LogP contribution < -0.4 is 5.32 Å². The maximum Gasteiger partial charge on any atom is 0.390 e. The van der Waals surface area contributed by atoms with Gasteiger partial charge in [0.05, 0.1) is 5.60 Å². The van der Waals surface area contributed by atoms with Crippen LogP contribution in [0.1, 0.15) is 27.2 Å². The standard InChI is InChI=1S/C14H32N3O3PS/c1-6-14(2,3)20-21(18,19-13-15-4)22-12-11-17-9-7-16(5)8-10-17/h15H,6-13H2,1-5H3. The van der Waals surface area contributed by atoms with Crippen molar-refractivity contribution in [2.75, 3.05) is 59.3 Å². The molecule has 1 N–H and O–H groups in total. The maximum atomic E-state index is 12.9. The molecular formula is C14H32N3O3PS. The zero-order valence-electron chi connectivity index (χ0n) is 14.6. The summed E-state index contributed by atoms with van der Waals surface area (Å²) in [7, 11) is 3.91. The zero-order valence-corrected chi connectivity index (χ0v) is 16.3. The van der Waals surface area contributed by atoms with Crippen LogP contribution in [0.4, 0.5) is 0 Å². The first-order chi connectivity index (χ1) is 10.3. The molecule has 6 nitrogen and oxygen atoms in total. The van der Waals surface area contributed by atoms with Crippen molar-refractivity contribution in [1.29, 1.82) is 0 Å². The molecule has 1 rings (SSSR count). The molecule has 0 aromatic rings. The molecule has 8 heteroatoms. The van der Waals surface area contributed by atoms with Gasteiger partial charge in [0.1, 0.15) is 6.73 Å². The number of rotatable bonds is 10. The van der Waals surface area contributed by atoms with Crippen molar-refractivity contribution < 1.29 is 13.6 Å². The van der Waals surface area contributed by atoms with E-state index in [1.54, 1.807) is 7.05 Å². The van der Waals surface area contributed by atoms with Crippen LogP contribution >= 0.6 is 18.2 Å². The molecule has 0 aliphatic carbocycles. The fourth-order valence-corrected chi connectivity index (χ4v) is 5.78. The molecule has 0 radical (unpaired) electrons. The van der Waals surface area contributed by atoms with E-state index in [0.29, 0.717) is 0 Å². The SMILES string of the molecule is CCC(C)(C)OP(=O)(OCNC)SCCN1CCN(C)CC1. The normalized spacial score (nSPS) is 21.0. The second kappa shape index (κ2) is 9.62. The monoisotopic (exact) mass is 353 g/mol. The van der Waals surface area contributed by atoms with Crippen molar-refractivity contribution in [3.8, 4) is 0 Å². The first-order valence-electron chi connectivity index (χ1n) is 7.95. The molecular weight excluding hydrogens is 321 g/mol. The number of nitrogens with one attached hydrogen (secondary N) is 1. The van der Waals surface area contributed by atoms with Gasteiger partial charge in [0.25, 0.3) is 0 Å². The Bertz CT molecular complexity index is 363. The predicted octanol–water partition coefficient (Wildman–Crippen LogP) is 2.47. The van der Waals surface area contributed by atoms with Crippen LogP contribution in [0.3, 0.4) is 0 Å². The molecule has 1 saturated heterocycles. The van der Waals surface area contributed by atoms with Crippen LogP contribution in [0.15, 0.2) is 0 Å². The second-order valence-corrected chi connectivity index (χ2v) is 10.4. The van der Waals surface area contributed by atoms with Crippen molar-refractivity contribution in [2.24, 2.45) is 0 Å². The third-order valence-corrected chi connectivity index (χ3v) is 7.71. The average Bonchev–Trinajstić information content (AvgIpc) is 2.47. The smallest absolute Gasteiger partial charge is 0.304 e. The van der Waals surface area contributed by atoms with Crippen LogP contribution in [0.25, 0.3) is 0 Å². The fraction of sp³-hybridized carbons (Fsp3) is 1.00. The summed E-state index contributed by atoms with van der Waals surface area (Å²) in [4.78, 5) is 4.73. The summed E-state index contributed by atoms with van der Waals surface area (Å²) in [6, 6.07) is 0. The number of piperazine rings is 1. The van der Waals surface area contributed by atoms with E-state index < -0.39 is 12.4 Å². The Balaban J connectivity index is 2.45. The minimum Gasteiger partial charge on any atom is -0.304 e. The van der Waals surface area contributed by atoms with Gasteiger partial charge in [-0.15, -0.1) is 0 Å². The van der Waals surface area contributed by atoms with E-state index in [1.165, 1.54) is 11.4 Å². The first kappa shape index (κ1) is 20.4. The van der Waals surface area contributed by atoms with E-state index in [2.05, 4.69) is 22.2 Å². The number of hydrogen-bond donors (Lipinski definition) is 1. The third kappa shape index (κ3) is 7.77. The summed E-state index contributed by atoms with van der Waals surface area (Å²) in [5, 5.41) is 2.87. The summed E-state index contributed by atoms with van der Waals surface area (Å²) >= 11 is 1.32. The molecule has 0 aromatic carbocycles. The average molecular weight is 353 g/mol. The molecule has 1 heterocycles. The molecule has 0 bridgehead atoms. The lowest BCUT2D eigenvalue weighted by atomic mass is 10.1. The summed E-state index contributed by atoms with van der Waals surface area (Å²) in [5.41, 5.74) is -0.440. The van der Waals surface area contributed by atoms with E-state index in [4.69, 9.17) is 9.05 Å². The molecule has 1 atom stereocenters. The van der Waals surface area contributed by atoms with Gasteiger partial charge in [-0.25, -0.2) is 4.57 Å². The zero-order chi connectivity index (χ0) is 16.6. The van der Waals surface area contributed by atoms with E-state index in [0.717, 1.165) is 44.9 Å². The molecule has 1 aliphatic rings. The van der Waals surface area contributed by atoms with Gasteiger partial charge in [0.15, 0.2) is 0 Å². The summed E-state index contributed by atoms with van der Waals surface area (Å²) in [6.45, 7) is 8.27. The lowest BCUT2D eigenvalue weighted by molar-refractivity contribution is 0.0819. The van der Waals surface area contributed by atoms with Crippen LogP contribution in [-0.4, -0.2) is 74.7 Å². The van der Waals surface area contributed by atoms with Crippen molar-refractivity contribution in [2.45, 2.75) is 32.8 Å². The topological polar surface area (TPSA) is 54.0 Å². The highest BCUT2D eigenvalue weighted by atomic mass is 32.7. The Morgan fingerprint density at radius 1 is 1.27 bits per heavy atom. The highest BCUT2D eigenvalue weighted by Crippen LogP contribution is 2.62. The van der Waals surface area contributed by atoms with E-state index >= 15 is 0 Å². The number of likely N-dealkylation sites (N-methyl/N-ethyl adjacent to an activating group) is 1. The van der Waals surface area contributed by atoms with Crippen molar-refractivity contribution in [3.05, 3.63) is 0 Å². The summed E-state index contributed by atoms with van der Waals surface area (Å²) in [6.07, 6.45) is 0.791. The van der Waals surface area contributed by atoms with Gasteiger partial charge in [0.2, 0.25) is 0 Å². The number of hydrogen-bond acceptors (Lipinski definition) is 7. The Kier molecular flexibility index (Phi) is 8.93. The van der Waals surface area contributed by atoms with E-state index in [-0.39, 0.29) is 6.73 Å². The molecule has 0 amide bonds. The predicted molar refractivity (Wildman–Crippen MR) is 94.5 cm³/mol. The lowest BCUT2D eigenvalue weighted by Gasteiger charge is -2.33. The maximum absolute atomic E-state index is 12.9. The van der Waals surface area contributed by atoms with Crippen molar-refractivity contribution >= 4 is 18.2 Å². The number of nitrogens with zero attached hydrogens (tertiary/aromatic N) is 2. The van der Waals surface area contributed by atoms with Gasteiger partial charge in [-0.05, 0) is 45.7 Å². The second-order valence-electron chi connectivity index (χ2n) is 6.26. The lowest BCUT2D eigenvalue weighted by Crippen LogP contribution is -2.45. The minimum absolute atomic E-state index is 0.235. The molecule has 1 aliphatic heterocycles. The highest BCUT2D eigenvalue weighted by molar-refractivity contribution is 8.55. The first-order valence-corrected chi connectivity index (χ1v) is 11.1. The quantitative estimate of drug-likeness (QED) is 0.478. The molecule has 0 spiro atoms. The van der Waals surface area contributed by atoms with Crippen LogP contribution in [0.5, 0.6) is 0 Å². The van der Waals surface area contributed by atoms with Crippen LogP contribution in [-0.2, 0) is 13.6 Å². The van der Waals surface area contributed by atoms with Gasteiger partial charge in [-0.1, -0.05) is 6.92 Å². The van der Waals surface area contributed by atoms with Crippen LogP contribution in [0, 0.1) is 0 Å². The fourth-order valence-electron chi connectivity index (χ4n) is 1.95. The Morgan fingerprint density at radius 3 is 2.45 bits per heavy atom. The summed E-state index contributed by atoms with van der Waals surface area (Å²) in [5.74, 6) is 0.754. The largest absolute Gasteiger partial charge is 0.390 e. The van der Waals surface area contributed by atoms with E-state index in [9.17, 15) is 4.57 Å². The molecule has 1 fully saturated rings. The molecule has 22 heavy (non-hydrogen) atoms. The van der Waals surface area contributed by atoms with Crippen molar-refractivity contribution in [1.82, 2.24) is 15.1 Å². The van der Waals surface area contributed by atoms with Gasteiger partial charge in [-0.3, -0.25) is 19.3 Å². The minimum atomic E-state index is -3.14. The highest BCUT2D eigenvalue weighted by Gasteiger charge is 2.33. The summed E-state index contributed by atoms with van der Waals surface area (Å²) < 4.78 is 24.2. The van der Waals surface area contributed by atoms with Crippen LogP contribution in [0.2, 0.25) is 0 Å². The van der Waals surface area contributed by atoms with Gasteiger partial charge in [0, 0.05) is 38.5 Å². The molecule has 1 unspecified atom stereocenters. The molecule has 0 aromatic heterocycles. The van der Waals surface area contributed by atoms with Gasteiger partial charge >= 0.3 is 6.80 Å². The Morgan fingerprint density at radius 2 is 1.91 bits per heavy atom. The Labute approximate surface area is 139 Å². The third-order valence-electron chi connectivity index (χ3n) is 3.83. The molecule has 132 valence electrons. The Hall–Kier alpha value is 0.380. The van der Waals surface area contributed by atoms with Crippen molar-refractivity contribution in [3.63, 3.8) is 0 Å². The van der Waals surface area contributed by atoms with E-state index in [1.807, 2.05) is 20.8 Å². The van der Waals surface area contributed by atoms with Gasteiger partial charge < -0.3 is 4.90 Å². The van der Waals surface area contributed by atoms with Gasteiger partial charge in [-0.2, -0.15) is 0 Å².